The quantitative estimate of drug-likeness (QED) is 0.714. The molecule has 7 heteroatoms. The predicted octanol–water partition coefficient (Wildman–Crippen LogP) is 0.894. The lowest BCUT2D eigenvalue weighted by Gasteiger charge is -2.23. The van der Waals surface area contributed by atoms with Gasteiger partial charge in [0.1, 0.15) is 0 Å². The van der Waals surface area contributed by atoms with E-state index >= 15 is 0 Å². The van der Waals surface area contributed by atoms with Crippen LogP contribution in [0.1, 0.15) is 23.7 Å². The van der Waals surface area contributed by atoms with Crippen molar-refractivity contribution in [3.63, 3.8) is 0 Å². The lowest BCUT2D eigenvalue weighted by molar-refractivity contribution is -0.121. The van der Waals surface area contributed by atoms with Gasteiger partial charge in [-0.05, 0) is 26.2 Å². The summed E-state index contributed by atoms with van der Waals surface area (Å²) in [4.78, 5) is 39.1. The van der Waals surface area contributed by atoms with Crippen LogP contribution in [0.2, 0.25) is 0 Å². The number of amides is 2. The second-order valence-electron chi connectivity index (χ2n) is 5.58. The molecule has 0 saturated heterocycles. The molecule has 1 rings (SSSR count). The van der Waals surface area contributed by atoms with Gasteiger partial charge in [0.2, 0.25) is 11.8 Å². The Bertz CT molecular complexity index is 587. The van der Waals surface area contributed by atoms with Crippen LogP contribution in [0.4, 0.5) is 5.69 Å². The van der Waals surface area contributed by atoms with Crippen molar-refractivity contribution in [3.8, 4) is 0 Å². The molecule has 0 unspecified atom stereocenters. The zero-order valence-electron chi connectivity index (χ0n) is 14.7. The molecule has 0 aliphatic rings. The van der Waals surface area contributed by atoms with Gasteiger partial charge in [0.15, 0.2) is 0 Å². The second kappa shape index (κ2) is 9.67. The summed E-state index contributed by atoms with van der Waals surface area (Å²) in [6.45, 7) is 2.88. The first-order chi connectivity index (χ1) is 11.4. The molecule has 0 heterocycles. The minimum absolute atomic E-state index is 0.140. The van der Waals surface area contributed by atoms with Gasteiger partial charge in [-0.25, -0.2) is 4.79 Å². The van der Waals surface area contributed by atoms with Crippen molar-refractivity contribution in [2.24, 2.45) is 0 Å². The van der Waals surface area contributed by atoms with E-state index in [-0.39, 0.29) is 24.8 Å². The van der Waals surface area contributed by atoms with Gasteiger partial charge in [0, 0.05) is 33.0 Å². The summed E-state index contributed by atoms with van der Waals surface area (Å²) < 4.78 is 4.75. The maximum absolute atomic E-state index is 12.0. The van der Waals surface area contributed by atoms with E-state index in [9.17, 15) is 14.4 Å². The number of esters is 1. The van der Waals surface area contributed by atoms with Crippen molar-refractivity contribution in [1.82, 2.24) is 10.2 Å². The van der Waals surface area contributed by atoms with Crippen LogP contribution in [0.5, 0.6) is 0 Å². The van der Waals surface area contributed by atoms with Crippen LogP contribution in [0, 0.1) is 0 Å². The normalized spacial score (nSPS) is 10.4. The number of carbonyl (C=O) groups excluding carboxylic acids is 3. The number of carbonyl (C=O) groups is 3. The predicted molar refractivity (Wildman–Crippen MR) is 92.0 cm³/mol. The molecule has 7 nitrogen and oxygen atoms in total. The molecule has 0 saturated carbocycles. The van der Waals surface area contributed by atoms with Crippen molar-refractivity contribution in [2.75, 3.05) is 45.7 Å². The maximum Gasteiger partial charge on any atom is 0.339 e. The van der Waals surface area contributed by atoms with E-state index in [1.54, 1.807) is 24.3 Å². The van der Waals surface area contributed by atoms with Crippen LogP contribution in [0.25, 0.3) is 0 Å². The van der Waals surface area contributed by atoms with Gasteiger partial charge in [-0.3, -0.25) is 9.59 Å². The van der Waals surface area contributed by atoms with Crippen molar-refractivity contribution >= 4 is 23.5 Å². The summed E-state index contributed by atoms with van der Waals surface area (Å²) in [6.07, 6.45) is 0.155. The average Bonchev–Trinajstić information content (AvgIpc) is 2.54. The van der Waals surface area contributed by atoms with Crippen LogP contribution in [-0.4, -0.2) is 63.5 Å². The van der Waals surface area contributed by atoms with Crippen molar-refractivity contribution in [1.29, 1.82) is 0 Å². The third kappa shape index (κ3) is 6.00. The lowest BCUT2D eigenvalue weighted by Crippen LogP contribution is -2.36. The summed E-state index contributed by atoms with van der Waals surface area (Å²) >= 11 is 0. The number of para-hydroxylation sites is 1. The number of likely N-dealkylation sites (N-methyl/N-ethyl adjacent to an activating group) is 1. The SMILES string of the molecule is COC(=O)c1ccccc1N(CCC(=O)NCCN(C)C)C(C)=O. The summed E-state index contributed by atoms with van der Waals surface area (Å²) in [6, 6.07) is 6.68. The second-order valence-corrected chi connectivity index (χ2v) is 5.58. The minimum atomic E-state index is -0.521. The standard InChI is InChI=1S/C17H25N3O4/c1-13(21)20(11-9-16(22)18-10-12-19(2)3)15-8-6-5-7-14(15)17(23)24-4/h5-8H,9-12H2,1-4H3,(H,18,22). The first-order valence-electron chi connectivity index (χ1n) is 7.73. The first-order valence-corrected chi connectivity index (χ1v) is 7.73. The Hall–Kier alpha value is -2.41. The molecule has 132 valence electrons. The highest BCUT2D eigenvalue weighted by Gasteiger charge is 2.20. The van der Waals surface area contributed by atoms with E-state index in [0.717, 1.165) is 6.54 Å². The van der Waals surface area contributed by atoms with Gasteiger partial charge in [0.25, 0.3) is 0 Å². The number of benzene rings is 1. The number of hydrogen-bond donors (Lipinski definition) is 1. The Morgan fingerprint density at radius 1 is 1.12 bits per heavy atom. The maximum atomic E-state index is 12.0. The monoisotopic (exact) mass is 335 g/mol. The van der Waals surface area contributed by atoms with Crippen LogP contribution in [0.3, 0.4) is 0 Å². The highest BCUT2D eigenvalue weighted by molar-refractivity contribution is 6.02. The molecule has 0 aliphatic carbocycles. The molecule has 0 aromatic heterocycles. The fraction of sp³-hybridized carbons (Fsp3) is 0.471. The molecule has 24 heavy (non-hydrogen) atoms. The van der Waals surface area contributed by atoms with Gasteiger partial charge in [0.05, 0.1) is 18.4 Å². The Labute approximate surface area is 142 Å². The Balaban J connectivity index is 2.77. The molecule has 2 amide bonds. The summed E-state index contributed by atoms with van der Waals surface area (Å²) in [5.74, 6) is -0.904. The smallest absolute Gasteiger partial charge is 0.339 e. The fourth-order valence-corrected chi connectivity index (χ4v) is 2.16. The van der Waals surface area contributed by atoms with E-state index < -0.39 is 5.97 Å². The number of anilines is 1. The third-order valence-corrected chi connectivity index (χ3v) is 3.42. The molecule has 0 aliphatic heterocycles. The Kier molecular flexibility index (Phi) is 7.91. The highest BCUT2D eigenvalue weighted by Crippen LogP contribution is 2.21. The zero-order valence-corrected chi connectivity index (χ0v) is 14.7. The van der Waals surface area contributed by atoms with Crippen molar-refractivity contribution < 1.29 is 19.1 Å². The van der Waals surface area contributed by atoms with Crippen LogP contribution >= 0.6 is 0 Å². The zero-order chi connectivity index (χ0) is 18.1. The fourth-order valence-electron chi connectivity index (χ4n) is 2.16. The van der Waals surface area contributed by atoms with E-state index in [0.29, 0.717) is 17.8 Å². The summed E-state index contributed by atoms with van der Waals surface area (Å²) in [5, 5.41) is 2.80. The molecule has 0 atom stereocenters. The van der Waals surface area contributed by atoms with Crippen LogP contribution < -0.4 is 10.2 Å². The van der Waals surface area contributed by atoms with Gasteiger partial charge < -0.3 is 19.9 Å². The first kappa shape index (κ1) is 19.6. The summed E-state index contributed by atoms with van der Waals surface area (Å²) in [5.41, 5.74) is 0.737. The van der Waals surface area contributed by atoms with Gasteiger partial charge >= 0.3 is 5.97 Å². The Morgan fingerprint density at radius 2 is 1.79 bits per heavy atom. The topological polar surface area (TPSA) is 79.0 Å². The van der Waals surface area contributed by atoms with E-state index in [1.807, 2.05) is 19.0 Å². The van der Waals surface area contributed by atoms with Crippen LogP contribution in [-0.2, 0) is 14.3 Å². The number of ether oxygens (including phenoxy) is 1. The molecule has 1 aromatic rings. The number of hydrogen-bond acceptors (Lipinski definition) is 5. The lowest BCUT2D eigenvalue weighted by atomic mass is 10.1. The number of nitrogens with zero attached hydrogens (tertiary/aromatic N) is 2. The van der Waals surface area contributed by atoms with Gasteiger partial charge in [-0.15, -0.1) is 0 Å². The van der Waals surface area contributed by atoms with Gasteiger partial charge in [-0.2, -0.15) is 0 Å². The average molecular weight is 335 g/mol. The molecule has 0 radical (unpaired) electrons. The van der Waals surface area contributed by atoms with Gasteiger partial charge in [-0.1, -0.05) is 12.1 Å². The number of methoxy groups -OCH3 is 1. The van der Waals surface area contributed by atoms with E-state index in [2.05, 4.69) is 5.32 Å². The molecule has 0 bridgehead atoms. The molecule has 1 N–H and O–H groups in total. The van der Waals surface area contributed by atoms with E-state index in [1.165, 1.54) is 18.9 Å². The third-order valence-electron chi connectivity index (χ3n) is 3.42. The number of rotatable bonds is 8. The van der Waals surface area contributed by atoms with Crippen molar-refractivity contribution in [3.05, 3.63) is 29.8 Å². The van der Waals surface area contributed by atoms with Crippen LogP contribution in [0.15, 0.2) is 24.3 Å². The molecular weight excluding hydrogens is 310 g/mol. The molecular formula is C17H25N3O4. The molecule has 0 fully saturated rings. The van der Waals surface area contributed by atoms with E-state index in [4.69, 9.17) is 4.74 Å². The Morgan fingerprint density at radius 3 is 2.38 bits per heavy atom. The molecule has 1 aromatic carbocycles. The molecule has 0 spiro atoms. The summed E-state index contributed by atoms with van der Waals surface area (Å²) in [7, 11) is 5.14. The van der Waals surface area contributed by atoms with Crippen molar-refractivity contribution in [2.45, 2.75) is 13.3 Å². The minimum Gasteiger partial charge on any atom is -0.465 e. The number of nitrogens with one attached hydrogen (secondary N) is 1. The largest absolute Gasteiger partial charge is 0.465 e. The highest BCUT2D eigenvalue weighted by atomic mass is 16.5.